The van der Waals surface area contributed by atoms with Crippen LogP contribution in [0.1, 0.15) is 18.1 Å². The summed E-state index contributed by atoms with van der Waals surface area (Å²) in [5.74, 6) is 0.767. The van der Waals surface area contributed by atoms with Gasteiger partial charge in [0, 0.05) is 23.9 Å². The van der Waals surface area contributed by atoms with Gasteiger partial charge in [-0.2, -0.15) is 17.0 Å². The van der Waals surface area contributed by atoms with E-state index in [9.17, 15) is 4.39 Å². The summed E-state index contributed by atoms with van der Waals surface area (Å²) in [6.07, 6.45) is 2.06. The number of nitriles is 1. The molecule has 0 saturated carbocycles. The van der Waals surface area contributed by atoms with Gasteiger partial charge in [-0.05, 0) is 38.4 Å². The van der Waals surface area contributed by atoms with E-state index in [1.165, 1.54) is 12.1 Å². The quantitative estimate of drug-likeness (QED) is 0.806. The second-order valence-electron chi connectivity index (χ2n) is 4.14. The number of halogens is 1. The Bertz CT molecular complexity index is 414. The zero-order valence-corrected chi connectivity index (χ0v) is 11.2. The lowest BCUT2D eigenvalue weighted by molar-refractivity contribution is 0.266. The Balaban J connectivity index is 2.77. The first kappa shape index (κ1) is 14.0. The van der Waals surface area contributed by atoms with Crippen LogP contribution in [0.25, 0.3) is 0 Å². The number of rotatable bonds is 5. The molecule has 92 valence electrons. The van der Waals surface area contributed by atoms with E-state index in [2.05, 4.69) is 18.1 Å². The molecule has 0 spiro atoms. The minimum absolute atomic E-state index is 0.243. The van der Waals surface area contributed by atoms with Gasteiger partial charge in [-0.3, -0.25) is 4.90 Å². The predicted molar refractivity (Wildman–Crippen MR) is 70.4 cm³/mol. The first-order valence-corrected chi connectivity index (χ1v) is 6.85. The van der Waals surface area contributed by atoms with Crippen molar-refractivity contribution in [2.24, 2.45) is 0 Å². The van der Waals surface area contributed by atoms with Crippen LogP contribution in [-0.4, -0.2) is 30.0 Å². The fourth-order valence-electron chi connectivity index (χ4n) is 1.56. The molecule has 0 aromatic heterocycles. The van der Waals surface area contributed by atoms with E-state index < -0.39 is 0 Å². The molecule has 0 bridgehead atoms. The molecule has 0 heterocycles. The van der Waals surface area contributed by atoms with Gasteiger partial charge in [0.05, 0.1) is 11.6 Å². The van der Waals surface area contributed by atoms with Gasteiger partial charge in [0.25, 0.3) is 0 Å². The molecule has 0 aliphatic carbocycles. The molecule has 0 radical (unpaired) electrons. The highest BCUT2D eigenvalue weighted by Gasteiger charge is 2.12. The Kier molecular flexibility index (Phi) is 5.46. The van der Waals surface area contributed by atoms with Crippen LogP contribution in [0, 0.1) is 17.1 Å². The first-order valence-electron chi connectivity index (χ1n) is 5.46. The summed E-state index contributed by atoms with van der Waals surface area (Å²) in [7, 11) is 1.97. The summed E-state index contributed by atoms with van der Waals surface area (Å²) in [6.45, 7) is 2.64. The molecule has 0 aliphatic rings. The number of benzene rings is 1. The maximum Gasteiger partial charge on any atom is 0.127 e. The second kappa shape index (κ2) is 6.63. The minimum atomic E-state index is -0.243. The van der Waals surface area contributed by atoms with Crippen LogP contribution in [0.3, 0.4) is 0 Å². The van der Waals surface area contributed by atoms with Crippen LogP contribution < -0.4 is 0 Å². The second-order valence-corrected chi connectivity index (χ2v) is 5.05. The Morgan fingerprint density at radius 1 is 1.53 bits per heavy atom. The molecule has 0 amide bonds. The molecule has 1 aromatic carbocycles. The molecule has 4 heteroatoms. The van der Waals surface area contributed by atoms with E-state index >= 15 is 0 Å². The molecule has 0 saturated heterocycles. The van der Waals surface area contributed by atoms with Gasteiger partial charge in [0.15, 0.2) is 0 Å². The fourth-order valence-corrected chi connectivity index (χ4v) is 2.30. The summed E-state index contributed by atoms with van der Waals surface area (Å²) in [6, 6.07) is 6.91. The fraction of sp³-hybridized carbons (Fsp3) is 0.462. The van der Waals surface area contributed by atoms with Crippen molar-refractivity contribution in [3.05, 3.63) is 35.1 Å². The van der Waals surface area contributed by atoms with Crippen LogP contribution in [0.5, 0.6) is 0 Å². The van der Waals surface area contributed by atoms with Crippen LogP contribution >= 0.6 is 11.8 Å². The molecule has 1 rings (SSSR count). The zero-order valence-electron chi connectivity index (χ0n) is 10.4. The van der Waals surface area contributed by atoms with E-state index in [0.717, 1.165) is 5.75 Å². The lowest BCUT2D eigenvalue weighted by Crippen LogP contribution is -2.30. The van der Waals surface area contributed by atoms with Crippen molar-refractivity contribution >= 4 is 11.8 Å². The van der Waals surface area contributed by atoms with E-state index in [4.69, 9.17) is 5.26 Å². The van der Waals surface area contributed by atoms with E-state index in [1.54, 1.807) is 17.8 Å². The molecule has 17 heavy (non-hydrogen) atoms. The monoisotopic (exact) mass is 252 g/mol. The number of thioether (sulfide) groups is 1. The molecule has 1 aromatic rings. The Hall–Kier alpha value is -1.05. The molecular weight excluding hydrogens is 235 g/mol. The maximum absolute atomic E-state index is 13.6. The molecule has 0 fully saturated rings. The molecule has 1 atom stereocenters. The molecular formula is C13H17FN2S. The van der Waals surface area contributed by atoms with Crippen LogP contribution in [-0.2, 0) is 6.54 Å². The highest BCUT2D eigenvalue weighted by atomic mass is 32.2. The normalized spacial score (nSPS) is 12.5. The third-order valence-corrected chi connectivity index (χ3v) is 3.57. The van der Waals surface area contributed by atoms with E-state index in [-0.39, 0.29) is 5.82 Å². The smallest absolute Gasteiger partial charge is 0.127 e. The van der Waals surface area contributed by atoms with E-state index in [0.29, 0.717) is 23.7 Å². The van der Waals surface area contributed by atoms with Crippen molar-refractivity contribution in [1.82, 2.24) is 4.90 Å². The predicted octanol–water partition coefficient (Wildman–Crippen LogP) is 2.88. The summed E-state index contributed by atoms with van der Waals surface area (Å²) < 4.78 is 13.6. The minimum Gasteiger partial charge on any atom is -0.299 e. The van der Waals surface area contributed by atoms with Gasteiger partial charge in [0.2, 0.25) is 0 Å². The van der Waals surface area contributed by atoms with Gasteiger partial charge < -0.3 is 0 Å². The Labute approximate surface area is 106 Å². The van der Waals surface area contributed by atoms with Crippen LogP contribution in [0.4, 0.5) is 4.39 Å². The first-order chi connectivity index (χ1) is 8.08. The molecule has 1 unspecified atom stereocenters. The Morgan fingerprint density at radius 3 is 2.82 bits per heavy atom. The third-order valence-electron chi connectivity index (χ3n) is 2.75. The topological polar surface area (TPSA) is 27.0 Å². The SMILES string of the molecule is CSCC(C)N(C)Cc1cc(C#N)ccc1F. The number of hydrogen-bond acceptors (Lipinski definition) is 3. The molecule has 2 nitrogen and oxygen atoms in total. The van der Waals surface area contributed by atoms with Gasteiger partial charge in [-0.15, -0.1) is 0 Å². The van der Waals surface area contributed by atoms with Gasteiger partial charge in [0.1, 0.15) is 5.82 Å². The van der Waals surface area contributed by atoms with Crippen molar-refractivity contribution in [1.29, 1.82) is 5.26 Å². The van der Waals surface area contributed by atoms with Gasteiger partial charge in [-0.1, -0.05) is 0 Å². The number of hydrogen-bond donors (Lipinski definition) is 0. The summed E-state index contributed by atoms with van der Waals surface area (Å²) in [4.78, 5) is 2.09. The average molecular weight is 252 g/mol. The Morgan fingerprint density at radius 2 is 2.24 bits per heavy atom. The lowest BCUT2D eigenvalue weighted by atomic mass is 10.1. The van der Waals surface area contributed by atoms with Crippen molar-refractivity contribution in [3.8, 4) is 6.07 Å². The standard InChI is InChI=1S/C13H17FN2S/c1-10(9-17-3)16(2)8-12-6-11(7-15)4-5-13(12)14/h4-6,10H,8-9H2,1-3H3. The van der Waals surface area contributed by atoms with Crippen molar-refractivity contribution < 1.29 is 4.39 Å². The maximum atomic E-state index is 13.6. The highest BCUT2D eigenvalue weighted by molar-refractivity contribution is 7.98. The van der Waals surface area contributed by atoms with Crippen molar-refractivity contribution in [3.63, 3.8) is 0 Å². The van der Waals surface area contributed by atoms with Crippen LogP contribution in [0.2, 0.25) is 0 Å². The summed E-state index contributed by atoms with van der Waals surface area (Å²) in [5.41, 5.74) is 1.09. The van der Waals surface area contributed by atoms with Crippen LogP contribution in [0.15, 0.2) is 18.2 Å². The van der Waals surface area contributed by atoms with Gasteiger partial charge >= 0.3 is 0 Å². The average Bonchev–Trinajstić information content (AvgIpc) is 2.32. The summed E-state index contributed by atoms with van der Waals surface area (Å²) >= 11 is 1.77. The van der Waals surface area contributed by atoms with Crippen molar-refractivity contribution in [2.75, 3.05) is 19.1 Å². The van der Waals surface area contributed by atoms with E-state index in [1.807, 2.05) is 13.1 Å². The largest absolute Gasteiger partial charge is 0.299 e. The molecule has 0 N–H and O–H groups in total. The zero-order chi connectivity index (χ0) is 12.8. The lowest BCUT2D eigenvalue weighted by Gasteiger charge is -2.24. The third kappa shape index (κ3) is 4.03. The summed E-state index contributed by atoms with van der Waals surface area (Å²) in [5, 5.41) is 8.79. The highest BCUT2D eigenvalue weighted by Crippen LogP contribution is 2.14. The molecule has 0 aliphatic heterocycles. The van der Waals surface area contributed by atoms with Gasteiger partial charge in [-0.25, -0.2) is 4.39 Å². The number of nitrogens with zero attached hydrogens (tertiary/aromatic N) is 2. The van der Waals surface area contributed by atoms with Crippen molar-refractivity contribution in [2.45, 2.75) is 19.5 Å².